The molecule has 0 aromatic carbocycles. The van der Waals surface area contributed by atoms with E-state index in [1.807, 2.05) is 11.3 Å². The average molecular weight is 466 g/mol. The summed E-state index contributed by atoms with van der Waals surface area (Å²) in [6.07, 6.45) is 2.27. The van der Waals surface area contributed by atoms with Crippen molar-refractivity contribution in [3.8, 4) is 0 Å². The highest BCUT2D eigenvalue weighted by Crippen LogP contribution is 2.24. The van der Waals surface area contributed by atoms with Crippen molar-refractivity contribution in [2.24, 2.45) is 4.99 Å². The Hall–Kier alpha value is -0.540. The predicted octanol–water partition coefficient (Wildman–Crippen LogP) is 3.32. The third-order valence-corrected chi connectivity index (χ3v) is 5.10. The van der Waals surface area contributed by atoms with Gasteiger partial charge < -0.3 is 20.3 Å². The summed E-state index contributed by atoms with van der Waals surface area (Å²) < 4.78 is 5.44. The third kappa shape index (κ3) is 6.76. The van der Waals surface area contributed by atoms with Crippen LogP contribution in [0.5, 0.6) is 0 Å². The van der Waals surface area contributed by atoms with E-state index < -0.39 is 0 Å². The van der Waals surface area contributed by atoms with Crippen molar-refractivity contribution in [3.63, 3.8) is 0 Å². The molecule has 7 heteroatoms. The van der Waals surface area contributed by atoms with E-state index in [2.05, 4.69) is 58.8 Å². The summed E-state index contributed by atoms with van der Waals surface area (Å²) in [6.45, 7) is 9.92. The lowest BCUT2D eigenvalue weighted by atomic mass is 10.1. The molecule has 2 heterocycles. The highest BCUT2D eigenvalue weighted by molar-refractivity contribution is 14.0. The molecule has 1 aromatic heterocycles. The Morgan fingerprint density at radius 2 is 2.12 bits per heavy atom. The summed E-state index contributed by atoms with van der Waals surface area (Å²) >= 11 is 1.82. The fourth-order valence-electron chi connectivity index (χ4n) is 2.54. The van der Waals surface area contributed by atoms with Gasteiger partial charge in [-0.1, -0.05) is 0 Å². The van der Waals surface area contributed by atoms with Crippen LogP contribution in [0.25, 0.3) is 0 Å². The van der Waals surface area contributed by atoms with E-state index >= 15 is 0 Å². The molecular weight excluding hydrogens is 435 g/mol. The molecule has 0 bridgehead atoms. The normalized spacial score (nSPS) is 16.7. The van der Waals surface area contributed by atoms with Crippen LogP contribution >= 0.6 is 35.3 Å². The molecule has 0 aliphatic carbocycles. The summed E-state index contributed by atoms with van der Waals surface area (Å²) in [7, 11) is 1.73. The second-order valence-electron chi connectivity index (χ2n) is 6.52. The fourth-order valence-corrected chi connectivity index (χ4v) is 3.33. The molecule has 0 unspecified atom stereocenters. The molecule has 1 aliphatic rings. The van der Waals surface area contributed by atoms with Crippen LogP contribution in [0.4, 0.5) is 5.00 Å². The molecule has 24 heavy (non-hydrogen) atoms. The molecule has 1 saturated heterocycles. The van der Waals surface area contributed by atoms with Crippen molar-refractivity contribution in [1.82, 2.24) is 10.6 Å². The first-order chi connectivity index (χ1) is 11.0. The number of anilines is 1. The molecular formula is C17H31IN4OS. The van der Waals surface area contributed by atoms with Crippen molar-refractivity contribution in [1.29, 1.82) is 0 Å². The topological polar surface area (TPSA) is 48.9 Å². The Morgan fingerprint density at radius 3 is 2.67 bits per heavy atom. The maximum atomic E-state index is 5.44. The zero-order chi connectivity index (χ0) is 16.7. The molecule has 1 aromatic rings. The van der Waals surface area contributed by atoms with Gasteiger partial charge in [0.15, 0.2) is 5.96 Å². The number of rotatable bonds is 6. The lowest BCUT2D eigenvalue weighted by Crippen LogP contribution is -2.49. The van der Waals surface area contributed by atoms with Gasteiger partial charge in [-0.2, -0.15) is 0 Å². The predicted molar refractivity (Wildman–Crippen MR) is 115 cm³/mol. The van der Waals surface area contributed by atoms with Crippen LogP contribution in [-0.2, 0) is 4.74 Å². The Morgan fingerprint density at radius 1 is 1.42 bits per heavy atom. The van der Waals surface area contributed by atoms with Gasteiger partial charge in [-0.15, -0.1) is 35.3 Å². The molecule has 2 N–H and O–H groups in total. The highest BCUT2D eigenvalue weighted by Gasteiger charge is 2.21. The van der Waals surface area contributed by atoms with Crippen LogP contribution in [0.15, 0.2) is 22.5 Å². The average Bonchev–Trinajstić information content (AvgIpc) is 3.08. The van der Waals surface area contributed by atoms with Gasteiger partial charge in [0.2, 0.25) is 0 Å². The number of hydrogen-bond donors (Lipinski definition) is 2. The molecule has 0 spiro atoms. The lowest BCUT2D eigenvalue weighted by molar-refractivity contribution is 0.0310. The van der Waals surface area contributed by atoms with Crippen LogP contribution in [0.1, 0.15) is 33.6 Å². The summed E-state index contributed by atoms with van der Waals surface area (Å²) in [6, 6.07) is 4.81. The smallest absolute Gasteiger partial charge is 0.191 e. The molecule has 1 aliphatic heterocycles. The van der Waals surface area contributed by atoms with E-state index in [4.69, 9.17) is 4.74 Å². The number of guanidine groups is 1. The Balaban J connectivity index is 0.00000288. The lowest BCUT2D eigenvalue weighted by Gasteiger charge is -2.33. The number of nitrogens with one attached hydrogen (secondary N) is 2. The Bertz CT molecular complexity index is 485. The standard InChI is InChI=1S/C17H30N4OS.HI/c1-5-18-16(19-13-17(2,3)22-4)20-14-8-10-21(11-9-14)15-7-6-12-23-15;/h6-7,12,14H,5,8-11,13H2,1-4H3,(H2,18,19,20);1H. The second-order valence-corrected chi connectivity index (χ2v) is 7.44. The largest absolute Gasteiger partial charge is 0.377 e. The molecule has 138 valence electrons. The molecule has 1 fully saturated rings. The first-order valence-electron chi connectivity index (χ1n) is 8.42. The van der Waals surface area contributed by atoms with Crippen molar-refractivity contribution < 1.29 is 4.74 Å². The first-order valence-corrected chi connectivity index (χ1v) is 9.30. The van der Waals surface area contributed by atoms with Gasteiger partial charge in [-0.25, -0.2) is 0 Å². The summed E-state index contributed by atoms with van der Waals surface area (Å²) in [5.41, 5.74) is -0.231. The molecule has 0 saturated carbocycles. The van der Waals surface area contributed by atoms with Gasteiger partial charge >= 0.3 is 0 Å². The number of ether oxygens (including phenoxy) is 1. The third-order valence-electron chi connectivity index (χ3n) is 4.17. The minimum atomic E-state index is -0.231. The van der Waals surface area contributed by atoms with Crippen LogP contribution in [0.2, 0.25) is 0 Å². The van der Waals surface area contributed by atoms with Gasteiger partial charge in [0.05, 0.1) is 17.1 Å². The zero-order valence-electron chi connectivity index (χ0n) is 15.2. The molecule has 0 radical (unpaired) electrons. The summed E-state index contributed by atoms with van der Waals surface area (Å²) in [5.74, 6) is 0.896. The van der Waals surface area contributed by atoms with E-state index in [-0.39, 0.29) is 29.6 Å². The number of halogens is 1. The van der Waals surface area contributed by atoms with E-state index in [0.29, 0.717) is 12.6 Å². The molecule has 0 amide bonds. The minimum Gasteiger partial charge on any atom is -0.377 e. The summed E-state index contributed by atoms with van der Waals surface area (Å²) in [5, 5.41) is 10.4. The van der Waals surface area contributed by atoms with Gasteiger partial charge in [-0.3, -0.25) is 4.99 Å². The Kier molecular flexibility index (Phi) is 9.36. The van der Waals surface area contributed by atoms with E-state index in [1.54, 1.807) is 7.11 Å². The minimum absolute atomic E-state index is 0. The maximum Gasteiger partial charge on any atom is 0.191 e. The molecule has 0 atom stereocenters. The van der Waals surface area contributed by atoms with Gasteiger partial charge in [0.1, 0.15) is 0 Å². The quantitative estimate of drug-likeness (QED) is 0.384. The number of piperidine rings is 1. The van der Waals surface area contributed by atoms with Gasteiger partial charge in [0.25, 0.3) is 0 Å². The zero-order valence-corrected chi connectivity index (χ0v) is 18.3. The maximum absolute atomic E-state index is 5.44. The number of hydrogen-bond acceptors (Lipinski definition) is 4. The monoisotopic (exact) mass is 466 g/mol. The van der Waals surface area contributed by atoms with Crippen LogP contribution in [0, 0.1) is 0 Å². The highest BCUT2D eigenvalue weighted by atomic mass is 127. The van der Waals surface area contributed by atoms with Crippen LogP contribution < -0.4 is 15.5 Å². The van der Waals surface area contributed by atoms with E-state index in [1.165, 1.54) is 5.00 Å². The van der Waals surface area contributed by atoms with Gasteiger partial charge in [0, 0.05) is 32.8 Å². The van der Waals surface area contributed by atoms with Crippen molar-refractivity contribution in [2.75, 3.05) is 38.2 Å². The molecule has 5 nitrogen and oxygen atoms in total. The molecule has 2 rings (SSSR count). The van der Waals surface area contributed by atoms with Gasteiger partial charge in [-0.05, 0) is 51.1 Å². The van der Waals surface area contributed by atoms with Crippen molar-refractivity contribution >= 4 is 46.3 Å². The Labute approximate surface area is 167 Å². The van der Waals surface area contributed by atoms with Crippen LogP contribution in [0.3, 0.4) is 0 Å². The number of thiophene rings is 1. The number of nitrogens with zero attached hydrogens (tertiary/aromatic N) is 2. The fraction of sp³-hybridized carbons (Fsp3) is 0.706. The first kappa shape index (κ1) is 21.5. The summed E-state index contributed by atoms with van der Waals surface area (Å²) in [4.78, 5) is 7.15. The number of aliphatic imine (C=N–C) groups is 1. The van der Waals surface area contributed by atoms with E-state index in [9.17, 15) is 0 Å². The van der Waals surface area contributed by atoms with Crippen molar-refractivity contribution in [2.45, 2.75) is 45.3 Å². The SMILES string of the molecule is CCNC(=NCC(C)(C)OC)NC1CCN(c2cccs2)CC1.I. The van der Waals surface area contributed by atoms with Crippen molar-refractivity contribution in [3.05, 3.63) is 17.5 Å². The second kappa shape index (κ2) is 10.5. The van der Waals surface area contributed by atoms with Crippen LogP contribution in [-0.4, -0.2) is 50.9 Å². The number of methoxy groups -OCH3 is 1. The van der Waals surface area contributed by atoms with E-state index in [0.717, 1.165) is 38.4 Å².